The second kappa shape index (κ2) is 8.84. The lowest BCUT2D eigenvalue weighted by Gasteiger charge is -2.22. The summed E-state index contributed by atoms with van der Waals surface area (Å²) < 4.78 is 0. The summed E-state index contributed by atoms with van der Waals surface area (Å²) >= 11 is 1.28. The van der Waals surface area contributed by atoms with Gasteiger partial charge in [-0.05, 0) is 37.1 Å². The molecule has 8 heteroatoms. The minimum Gasteiger partial charge on any atom is -0.334 e. The zero-order valence-corrected chi connectivity index (χ0v) is 15.2. The van der Waals surface area contributed by atoms with Crippen LogP contribution in [0.1, 0.15) is 22.5 Å². The van der Waals surface area contributed by atoms with Crippen LogP contribution >= 0.6 is 23.7 Å². The fraction of sp³-hybridized carbons (Fsp3) is 0.294. The molecule has 2 aromatic rings. The third-order valence-electron chi connectivity index (χ3n) is 4.00. The molecule has 25 heavy (non-hydrogen) atoms. The Morgan fingerprint density at radius 2 is 1.92 bits per heavy atom. The van der Waals surface area contributed by atoms with Gasteiger partial charge in [0, 0.05) is 24.8 Å². The number of hydrogen-bond acceptors (Lipinski definition) is 4. The number of likely N-dealkylation sites (tertiary alicyclic amines) is 1. The predicted molar refractivity (Wildman–Crippen MR) is 104 cm³/mol. The maximum absolute atomic E-state index is 12.6. The predicted octanol–water partition coefficient (Wildman–Crippen LogP) is 3.38. The van der Waals surface area contributed by atoms with Gasteiger partial charge in [0.1, 0.15) is 0 Å². The van der Waals surface area contributed by atoms with Gasteiger partial charge in [0.15, 0.2) is 0 Å². The summed E-state index contributed by atoms with van der Waals surface area (Å²) in [6.45, 7) is 1.23. The van der Waals surface area contributed by atoms with Crippen LogP contribution in [0.25, 0.3) is 0 Å². The van der Waals surface area contributed by atoms with Gasteiger partial charge in [-0.1, -0.05) is 18.2 Å². The maximum atomic E-state index is 12.6. The number of thiophene rings is 1. The van der Waals surface area contributed by atoms with E-state index in [1.165, 1.54) is 11.3 Å². The number of benzene rings is 1. The van der Waals surface area contributed by atoms with Crippen LogP contribution in [-0.2, 0) is 0 Å². The average Bonchev–Trinajstić information content (AvgIpc) is 3.24. The first kappa shape index (κ1) is 19.2. The van der Waals surface area contributed by atoms with Gasteiger partial charge >= 0.3 is 6.03 Å². The first-order chi connectivity index (χ1) is 11.7. The molecule has 3 rings (SSSR count). The summed E-state index contributed by atoms with van der Waals surface area (Å²) in [5, 5.41) is 6.13. The number of nitrogens with one attached hydrogen (secondary N) is 2. The molecule has 0 radical (unpaired) electrons. The second-order valence-electron chi connectivity index (χ2n) is 5.64. The number of carbonyl (C=O) groups is 2. The second-order valence-corrected chi connectivity index (χ2v) is 6.72. The number of carbonyl (C=O) groups excluding carboxylic acids is 2. The lowest BCUT2D eigenvalue weighted by atomic mass is 10.2. The normalized spacial score (nSPS) is 16.2. The van der Waals surface area contributed by atoms with Crippen molar-refractivity contribution in [2.24, 2.45) is 5.73 Å². The molecule has 0 bridgehead atoms. The minimum absolute atomic E-state index is 0. The highest BCUT2D eigenvalue weighted by atomic mass is 35.5. The van der Waals surface area contributed by atoms with Crippen molar-refractivity contribution in [3.8, 4) is 0 Å². The molecule has 1 fully saturated rings. The lowest BCUT2D eigenvalue weighted by molar-refractivity contribution is 0.0746. The van der Waals surface area contributed by atoms with E-state index in [0.717, 1.165) is 19.4 Å². The van der Waals surface area contributed by atoms with Crippen molar-refractivity contribution in [1.29, 1.82) is 0 Å². The number of halogens is 1. The summed E-state index contributed by atoms with van der Waals surface area (Å²) in [5.41, 5.74) is 6.44. The number of hydrogen-bond donors (Lipinski definition) is 3. The Bertz CT molecular complexity index is 722. The number of nitrogens with zero attached hydrogens (tertiary/aromatic N) is 1. The molecule has 1 aliphatic rings. The van der Waals surface area contributed by atoms with Crippen LogP contribution in [0.5, 0.6) is 0 Å². The van der Waals surface area contributed by atoms with Gasteiger partial charge in [-0.25, -0.2) is 4.79 Å². The highest BCUT2D eigenvalue weighted by Crippen LogP contribution is 2.26. The fourth-order valence-electron chi connectivity index (χ4n) is 2.81. The van der Waals surface area contributed by atoms with E-state index in [0.29, 0.717) is 22.1 Å². The molecule has 3 amide bonds. The zero-order chi connectivity index (χ0) is 16.9. The van der Waals surface area contributed by atoms with Crippen LogP contribution in [0.2, 0.25) is 0 Å². The number of para-hydroxylation sites is 1. The van der Waals surface area contributed by atoms with Gasteiger partial charge in [0.25, 0.3) is 5.91 Å². The van der Waals surface area contributed by atoms with E-state index in [2.05, 4.69) is 10.6 Å². The molecule has 1 atom stereocenters. The highest BCUT2D eigenvalue weighted by Gasteiger charge is 2.29. The van der Waals surface area contributed by atoms with E-state index < -0.39 is 0 Å². The first-order valence-electron chi connectivity index (χ1n) is 7.91. The van der Waals surface area contributed by atoms with Crippen LogP contribution in [0, 0.1) is 0 Å². The molecule has 2 heterocycles. The molecule has 134 valence electrons. The van der Waals surface area contributed by atoms with E-state index in [1.54, 1.807) is 12.1 Å². The third-order valence-corrected chi connectivity index (χ3v) is 4.98. The van der Waals surface area contributed by atoms with E-state index in [-0.39, 0.29) is 30.4 Å². The molecule has 0 aliphatic carbocycles. The standard InChI is InChI=1S/C17H20N4O2S.ClH/c18-11-13-7-4-10-21(13)16(22)14-8-9-15(24-14)20-17(23)19-12-5-2-1-3-6-12;/h1-3,5-6,8-9,13H,4,7,10-11,18H2,(H2,19,20,23);1H. The van der Waals surface area contributed by atoms with Crippen LogP contribution in [0.15, 0.2) is 42.5 Å². The quantitative estimate of drug-likeness (QED) is 0.759. The first-order valence-corrected chi connectivity index (χ1v) is 8.73. The van der Waals surface area contributed by atoms with E-state index >= 15 is 0 Å². The van der Waals surface area contributed by atoms with E-state index in [1.807, 2.05) is 35.2 Å². The molecule has 1 aromatic heterocycles. The van der Waals surface area contributed by atoms with Gasteiger partial charge in [0.05, 0.1) is 9.88 Å². The van der Waals surface area contributed by atoms with Crippen molar-refractivity contribution < 1.29 is 9.59 Å². The van der Waals surface area contributed by atoms with Gasteiger partial charge in [-0.15, -0.1) is 23.7 Å². The van der Waals surface area contributed by atoms with Crippen LogP contribution < -0.4 is 16.4 Å². The van der Waals surface area contributed by atoms with Gasteiger partial charge in [0.2, 0.25) is 0 Å². The van der Waals surface area contributed by atoms with Crippen molar-refractivity contribution in [2.45, 2.75) is 18.9 Å². The molecule has 6 nitrogen and oxygen atoms in total. The highest BCUT2D eigenvalue weighted by molar-refractivity contribution is 7.18. The largest absolute Gasteiger partial charge is 0.334 e. The third kappa shape index (κ3) is 4.72. The number of amides is 3. The Hall–Kier alpha value is -2.09. The van der Waals surface area contributed by atoms with Gasteiger partial charge < -0.3 is 16.0 Å². The molecule has 4 N–H and O–H groups in total. The van der Waals surface area contributed by atoms with Crippen LogP contribution in [0.4, 0.5) is 15.5 Å². The molecule has 1 aromatic carbocycles. The Balaban J connectivity index is 0.00000225. The Labute approximate surface area is 156 Å². The summed E-state index contributed by atoms with van der Waals surface area (Å²) in [6.07, 6.45) is 1.95. The Kier molecular flexibility index (Phi) is 6.81. The average molecular weight is 381 g/mol. The number of urea groups is 1. The van der Waals surface area contributed by atoms with Crippen molar-refractivity contribution in [1.82, 2.24) is 4.90 Å². The smallest absolute Gasteiger partial charge is 0.324 e. The SMILES string of the molecule is Cl.NCC1CCCN1C(=O)c1ccc(NC(=O)Nc2ccccc2)s1. The minimum atomic E-state index is -0.331. The lowest BCUT2D eigenvalue weighted by Crippen LogP contribution is -2.39. The number of nitrogens with two attached hydrogens (primary N) is 1. The number of anilines is 2. The summed E-state index contributed by atoms with van der Waals surface area (Å²) in [6, 6.07) is 12.5. The molecule has 0 spiro atoms. The molecule has 1 unspecified atom stereocenters. The van der Waals surface area contributed by atoms with Crippen molar-refractivity contribution in [3.63, 3.8) is 0 Å². The molecular formula is C17H21ClN4O2S. The van der Waals surface area contributed by atoms with Crippen molar-refractivity contribution >= 4 is 46.4 Å². The fourth-order valence-corrected chi connectivity index (χ4v) is 3.66. The van der Waals surface area contributed by atoms with Crippen LogP contribution in [-0.4, -0.2) is 36.0 Å². The Morgan fingerprint density at radius 1 is 1.16 bits per heavy atom. The van der Waals surface area contributed by atoms with Gasteiger partial charge in [-0.3, -0.25) is 10.1 Å². The molecule has 0 saturated carbocycles. The van der Waals surface area contributed by atoms with Crippen molar-refractivity contribution in [2.75, 3.05) is 23.7 Å². The molecular weight excluding hydrogens is 360 g/mol. The van der Waals surface area contributed by atoms with Crippen LogP contribution in [0.3, 0.4) is 0 Å². The monoisotopic (exact) mass is 380 g/mol. The number of rotatable bonds is 4. The summed E-state index contributed by atoms with van der Waals surface area (Å²) in [5.74, 6) is -0.00975. The topological polar surface area (TPSA) is 87.5 Å². The summed E-state index contributed by atoms with van der Waals surface area (Å²) in [7, 11) is 0. The van der Waals surface area contributed by atoms with E-state index in [9.17, 15) is 9.59 Å². The zero-order valence-electron chi connectivity index (χ0n) is 13.6. The Morgan fingerprint density at radius 3 is 2.64 bits per heavy atom. The molecule has 1 aliphatic heterocycles. The summed E-state index contributed by atoms with van der Waals surface area (Å²) in [4.78, 5) is 27.0. The van der Waals surface area contributed by atoms with Gasteiger partial charge in [-0.2, -0.15) is 0 Å². The van der Waals surface area contributed by atoms with E-state index in [4.69, 9.17) is 5.73 Å². The molecule has 1 saturated heterocycles. The van der Waals surface area contributed by atoms with Crippen molar-refractivity contribution in [3.05, 3.63) is 47.3 Å². The maximum Gasteiger partial charge on any atom is 0.324 e.